The van der Waals surface area contributed by atoms with Crippen molar-refractivity contribution >= 4 is 29.1 Å². The molecular formula is C22H21ClN4O4. The van der Waals surface area contributed by atoms with Gasteiger partial charge in [0.15, 0.2) is 12.4 Å². The lowest BCUT2D eigenvalue weighted by Crippen LogP contribution is -3.00. The molecule has 0 saturated carbocycles. The van der Waals surface area contributed by atoms with Gasteiger partial charge in [-0.15, -0.1) is 0 Å². The second-order valence-corrected chi connectivity index (χ2v) is 6.44. The lowest BCUT2D eigenvalue weighted by molar-refractivity contribution is -0.684. The summed E-state index contributed by atoms with van der Waals surface area (Å²) in [6.07, 6.45) is 3.16. The van der Waals surface area contributed by atoms with Gasteiger partial charge in [0.1, 0.15) is 11.3 Å². The Balaban J connectivity index is 0.00000341. The van der Waals surface area contributed by atoms with Gasteiger partial charge in [-0.1, -0.05) is 6.07 Å². The van der Waals surface area contributed by atoms with Crippen molar-refractivity contribution in [1.82, 2.24) is 0 Å². The summed E-state index contributed by atoms with van der Waals surface area (Å²) >= 11 is 0. The topological polar surface area (TPSA) is 114 Å². The molecule has 4 N–H and O–H groups in total. The molecule has 0 aliphatic carbocycles. The number of hydrogen-bond acceptors (Lipinski definition) is 4. The first-order valence-electron chi connectivity index (χ1n) is 9.09. The van der Waals surface area contributed by atoms with Gasteiger partial charge in [0.25, 0.3) is 17.7 Å². The number of nitrogens with two attached hydrogens (primary N) is 1. The van der Waals surface area contributed by atoms with Crippen LogP contribution in [0.25, 0.3) is 0 Å². The highest BCUT2D eigenvalue weighted by Crippen LogP contribution is 2.17. The second kappa shape index (κ2) is 10.7. The Morgan fingerprint density at radius 2 is 1.65 bits per heavy atom. The van der Waals surface area contributed by atoms with E-state index < -0.39 is 5.91 Å². The summed E-state index contributed by atoms with van der Waals surface area (Å²) in [6.45, 7) is -0.0105. The highest BCUT2D eigenvalue weighted by atomic mass is 35.5. The molecule has 3 aromatic rings. The Morgan fingerprint density at radius 1 is 0.935 bits per heavy atom. The van der Waals surface area contributed by atoms with E-state index in [0.29, 0.717) is 28.3 Å². The fraction of sp³-hybridized carbons (Fsp3) is 0.0909. The zero-order valence-electron chi connectivity index (χ0n) is 16.7. The van der Waals surface area contributed by atoms with E-state index >= 15 is 0 Å². The zero-order chi connectivity index (χ0) is 21.5. The molecule has 1 aromatic heterocycles. The number of carbonyl (C=O) groups is 3. The van der Waals surface area contributed by atoms with Gasteiger partial charge in [-0.2, -0.15) is 4.57 Å². The third-order valence-electron chi connectivity index (χ3n) is 4.23. The van der Waals surface area contributed by atoms with Gasteiger partial charge in [-0.05, 0) is 48.5 Å². The lowest BCUT2D eigenvalue weighted by atomic mass is 10.1. The summed E-state index contributed by atoms with van der Waals surface area (Å²) in [7, 11) is 1.57. The maximum absolute atomic E-state index is 12.5. The van der Waals surface area contributed by atoms with Crippen LogP contribution in [-0.2, 0) is 11.3 Å². The van der Waals surface area contributed by atoms with E-state index in [2.05, 4.69) is 10.6 Å². The molecule has 0 unspecified atom stereocenters. The smallest absolute Gasteiger partial charge is 0.290 e. The van der Waals surface area contributed by atoms with Crippen molar-refractivity contribution in [3.05, 3.63) is 84.2 Å². The van der Waals surface area contributed by atoms with Crippen LogP contribution < -0.4 is 38.1 Å². The average molecular weight is 441 g/mol. The van der Waals surface area contributed by atoms with Crippen LogP contribution in [0.2, 0.25) is 0 Å². The molecule has 0 fully saturated rings. The van der Waals surface area contributed by atoms with E-state index in [-0.39, 0.29) is 30.8 Å². The summed E-state index contributed by atoms with van der Waals surface area (Å²) in [5.41, 5.74) is 7.06. The van der Waals surface area contributed by atoms with Crippen molar-refractivity contribution in [2.45, 2.75) is 6.54 Å². The predicted octanol–water partition coefficient (Wildman–Crippen LogP) is -1.02. The summed E-state index contributed by atoms with van der Waals surface area (Å²) in [6, 6.07) is 16.8. The Hall–Kier alpha value is -3.91. The Morgan fingerprint density at radius 3 is 2.32 bits per heavy atom. The first-order valence-corrected chi connectivity index (χ1v) is 9.09. The number of pyridine rings is 1. The number of benzene rings is 2. The van der Waals surface area contributed by atoms with Crippen LogP contribution in [0, 0.1) is 0 Å². The van der Waals surface area contributed by atoms with E-state index in [1.807, 2.05) is 0 Å². The van der Waals surface area contributed by atoms with Crippen LogP contribution in [0.3, 0.4) is 0 Å². The summed E-state index contributed by atoms with van der Waals surface area (Å²) in [5, 5.41) is 5.53. The van der Waals surface area contributed by atoms with E-state index in [1.165, 1.54) is 6.20 Å². The SMILES string of the molecule is COc1ccc(NC(=O)c2cccc(NC(=O)C[n+]3cccc(C(N)=O)c3)c2)cc1.[Cl-]. The number of ether oxygens (including phenoxy) is 1. The van der Waals surface area contributed by atoms with Crippen molar-refractivity contribution < 1.29 is 36.1 Å². The van der Waals surface area contributed by atoms with Crippen molar-refractivity contribution in [2.24, 2.45) is 5.73 Å². The van der Waals surface area contributed by atoms with Gasteiger partial charge in [0.2, 0.25) is 6.54 Å². The van der Waals surface area contributed by atoms with Crippen molar-refractivity contribution in [2.75, 3.05) is 17.7 Å². The lowest BCUT2D eigenvalue weighted by Gasteiger charge is -2.08. The number of nitrogens with one attached hydrogen (secondary N) is 2. The molecule has 160 valence electrons. The van der Waals surface area contributed by atoms with Crippen molar-refractivity contribution in [3.63, 3.8) is 0 Å². The van der Waals surface area contributed by atoms with Crippen LogP contribution >= 0.6 is 0 Å². The number of aromatic nitrogens is 1. The van der Waals surface area contributed by atoms with E-state index in [9.17, 15) is 14.4 Å². The largest absolute Gasteiger partial charge is 1.00 e. The number of nitrogens with zero attached hydrogens (tertiary/aromatic N) is 1. The number of methoxy groups -OCH3 is 1. The molecule has 3 rings (SSSR count). The molecule has 31 heavy (non-hydrogen) atoms. The monoisotopic (exact) mass is 440 g/mol. The average Bonchev–Trinajstić information content (AvgIpc) is 2.74. The quantitative estimate of drug-likeness (QED) is 0.408. The first-order chi connectivity index (χ1) is 14.4. The molecule has 0 saturated heterocycles. The Labute approximate surface area is 185 Å². The van der Waals surface area contributed by atoms with Crippen LogP contribution in [-0.4, -0.2) is 24.8 Å². The van der Waals surface area contributed by atoms with Gasteiger partial charge in [-0.25, -0.2) is 0 Å². The molecular weight excluding hydrogens is 420 g/mol. The molecule has 9 heteroatoms. The van der Waals surface area contributed by atoms with Crippen molar-refractivity contribution in [3.8, 4) is 5.75 Å². The van der Waals surface area contributed by atoms with Gasteiger partial charge >= 0.3 is 0 Å². The summed E-state index contributed by atoms with van der Waals surface area (Å²) < 4.78 is 6.65. The number of primary amides is 1. The third-order valence-corrected chi connectivity index (χ3v) is 4.23. The molecule has 8 nitrogen and oxygen atoms in total. The minimum absolute atomic E-state index is 0. The molecule has 0 spiro atoms. The highest BCUT2D eigenvalue weighted by Gasteiger charge is 2.13. The molecule has 0 radical (unpaired) electrons. The molecule has 1 heterocycles. The van der Waals surface area contributed by atoms with Crippen LogP contribution in [0.1, 0.15) is 20.7 Å². The van der Waals surface area contributed by atoms with Gasteiger partial charge in [0.05, 0.1) is 7.11 Å². The normalized spacial score (nSPS) is 9.84. The van der Waals surface area contributed by atoms with E-state index in [4.69, 9.17) is 10.5 Å². The minimum atomic E-state index is -0.569. The van der Waals surface area contributed by atoms with E-state index in [1.54, 1.807) is 78.5 Å². The first kappa shape index (κ1) is 23.4. The van der Waals surface area contributed by atoms with Crippen LogP contribution in [0.5, 0.6) is 5.75 Å². The minimum Gasteiger partial charge on any atom is -1.00 e. The van der Waals surface area contributed by atoms with Crippen LogP contribution in [0.4, 0.5) is 11.4 Å². The molecule has 0 bridgehead atoms. The standard InChI is InChI=1S/C22H20N4O4.ClH/c1-30-19-9-7-17(8-10-19)25-22(29)15-4-2-6-18(12-15)24-20(27)14-26-11-3-5-16(13-26)21(23)28;/h2-13H,14H2,1H3,(H3-,23,24,25,27,28,29);1H. The third kappa shape index (κ3) is 6.55. The summed E-state index contributed by atoms with van der Waals surface area (Å²) in [5.74, 6) is -0.494. The van der Waals surface area contributed by atoms with Gasteiger partial charge < -0.3 is 33.5 Å². The molecule has 0 aliphatic rings. The van der Waals surface area contributed by atoms with Crippen LogP contribution in [0.15, 0.2) is 73.1 Å². The molecule has 0 atom stereocenters. The number of hydrogen-bond donors (Lipinski definition) is 3. The molecule has 0 aliphatic heterocycles. The predicted molar refractivity (Wildman–Crippen MR) is 111 cm³/mol. The molecule has 2 aromatic carbocycles. The van der Waals surface area contributed by atoms with Gasteiger partial charge in [-0.3, -0.25) is 14.4 Å². The number of carbonyl (C=O) groups excluding carboxylic acids is 3. The number of halogens is 1. The Bertz CT molecular complexity index is 1090. The maximum Gasteiger partial charge on any atom is 0.290 e. The fourth-order valence-corrected chi connectivity index (χ4v) is 2.75. The fourth-order valence-electron chi connectivity index (χ4n) is 2.75. The number of rotatable bonds is 7. The summed E-state index contributed by atoms with van der Waals surface area (Å²) in [4.78, 5) is 36.1. The number of amides is 3. The van der Waals surface area contributed by atoms with Gasteiger partial charge in [0, 0.05) is 23.0 Å². The maximum atomic E-state index is 12.5. The second-order valence-electron chi connectivity index (χ2n) is 6.44. The Kier molecular flexibility index (Phi) is 8.10. The molecule has 3 amide bonds. The highest BCUT2D eigenvalue weighted by molar-refractivity contribution is 6.05. The van der Waals surface area contributed by atoms with E-state index in [0.717, 1.165) is 0 Å². The number of anilines is 2. The van der Waals surface area contributed by atoms with Crippen molar-refractivity contribution in [1.29, 1.82) is 0 Å². The zero-order valence-corrected chi connectivity index (χ0v) is 17.4.